The van der Waals surface area contributed by atoms with Crippen molar-refractivity contribution >= 4 is 0 Å². The van der Waals surface area contributed by atoms with Crippen LogP contribution >= 0.6 is 0 Å². The van der Waals surface area contributed by atoms with Crippen LogP contribution in [0.2, 0.25) is 0 Å². The summed E-state index contributed by atoms with van der Waals surface area (Å²) in [5, 5.41) is 3.46. The number of rotatable bonds is 4. The third-order valence-electron chi connectivity index (χ3n) is 4.18. The minimum atomic E-state index is 0.612. The van der Waals surface area contributed by atoms with Crippen molar-refractivity contribution in [2.24, 2.45) is 5.92 Å². The van der Waals surface area contributed by atoms with Gasteiger partial charge in [0, 0.05) is 25.2 Å². The number of hydrogen-bond acceptors (Lipinski definition) is 3. The fraction of sp³-hybridized carbons (Fsp3) is 1.00. The Bertz CT molecular complexity index is 210. The Morgan fingerprint density at radius 1 is 1.38 bits per heavy atom. The molecule has 1 N–H and O–H groups in total. The lowest BCUT2D eigenvalue weighted by atomic mass is 10.0. The molecule has 0 radical (unpaired) electrons. The predicted molar refractivity (Wildman–Crippen MR) is 66.7 cm³/mol. The van der Waals surface area contributed by atoms with Gasteiger partial charge in [-0.05, 0) is 38.8 Å². The molecule has 0 spiro atoms. The van der Waals surface area contributed by atoms with Gasteiger partial charge in [-0.25, -0.2) is 0 Å². The van der Waals surface area contributed by atoms with Gasteiger partial charge in [0.1, 0.15) is 0 Å². The van der Waals surface area contributed by atoms with Gasteiger partial charge in [-0.2, -0.15) is 0 Å². The van der Waals surface area contributed by atoms with E-state index >= 15 is 0 Å². The first-order valence-electron chi connectivity index (χ1n) is 6.84. The maximum atomic E-state index is 5.64. The van der Waals surface area contributed by atoms with Crippen molar-refractivity contribution in [1.82, 2.24) is 10.2 Å². The molecule has 2 fully saturated rings. The number of likely N-dealkylation sites (tertiary alicyclic amines) is 1. The van der Waals surface area contributed by atoms with Crippen LogP contribution in [0.4, 0.5) is 0 Å². The molecule has 2 rings (SSSR count). The van der Waals surface area contributed by atoms with Crippen LogP contribution in [0.5, 0.6) is 0 Å². The maximum absolute atomic E-state index is 5.64. The smallest absolute Gasteiger partial charge is 0.0637 e. The van der Waals surface area contributed by atoms with Crippen LogP contribution in [0.15, 0.2) is 0 Å². The average Bonchev–Trinajstić information content (AvgIpc) is 2.78. The maximum Gasteiger partial charge on any atom is 0.0637 e. The molecule has 0 aromatic carbocycles. The Kier molecular flexibility index (Phi) is 4.62. The van der Waals surface area contributed by atoms with E-state index in [2.05, 4.69) is 24.2 Å². The fourth-order valence-electron chi connectivity index (χ4n) is 3.23. The molecule has 0 saturated carbocycles. The minimum absolute atomic E-state index is 0.612. The Balaban J connectivity index is 1.86. The third-order valence-corrected chi connectivity index (χ3v) is 4.18. The van der Waals surface area contributed by atoms with Crippen molar-refractivity contribution in [3.8, 4) is 0 Å². The normalized spacial score (nSPS) is 36.8. The highest BCUT2D eigenvalue weighted by molar-refractivity contribution is 4.90. The SMILES string of the molecule is CCCC1CCN(C2COCCC2NC)C1. The molecule has 0 aromatic heterocycles. The molecular weight excluding hydrogens is 200 g/mol. The topological polar surface area (TPSA) is 24.5 Å². The second-order valence-electron chi connectivity index (χ2n) is 5.26. The van der Waals surface area contributed by atoms with Crippen molar-refractivity contribution in [2.75, 3.05) is 33.4 Å². The Morgan fingerprint density at radius 2 is 2.25 bits per heavy atom. The molecule has 0 amide bonds. The zero-order valence-corrected chi connectivity index (χ0v) is 10.7. The molecule has 2 heterocycles. The summed E-state index contributed by atoms with van der Waals surface area (Å²) in [6.07, 6.45) is 5.28. The van der Waals surface area contributed by atoms with Crippen molar-refractivity contribution in [3.63, 3.8) is 0 Å². The van der Waals surface area contributed by atoms with E-state index in [1.807, 2.05) is 0 Å². The Hall–Kier alpha value is -0.120. The molecule has 2 saturated heterocycles. The van der Waals surface area contributed by atoms with Gasteiger partial charge in [-0.3, -0.25) is 4.90 Å². The van der Waals surface area contributed by atoms with E-state index in [0.29, 0.717) is 12.1 Å². The van der Waals surface area contributed by atoms with Gasteiger partial charge >= 0.3 is 0 Å². The van der Waals surface area contributed by atoms with Crippen LogP contribution in [0, 0.1) is 5.92 Å². The van der Waals surface area contributed by atoms with Crippen molar-refractivity contribution in [2.45, 2.75) is 44.7 Å². The minimum Gasteiger partial charge on any atom is -0.380 e. The fourth-order valence-corrected chi connectivity index (χ4v) is 3.23. The molecule has 0 aromatic rings. The average molecular weight is 226 g/mol. The summed E-state index contributed by atoms with van der Waals surface area (Å²) < 4.78 is 5.64. The highest BCUT2D eigenvalue weighted by atomic mass is 16.5. The van der Waals surface area contributed by atoms with Crippen molar-refractivity contribution in [1.29, 1.82) is 0 Å². The van der Waals surface area contributed by atoms with Gasteiger partial charge in [0.15, 0.2) is 0 Å². The molecule has 2 aliphatic heterocycles. The van der Waals surface area contributed by atoms with E-state index in [9.17, 15) is 0 Å². The molecule has 3 unspecified atom stereocenters. The summed E-state index contributed by atoms with van der Waals surface area (Å²) in [7, 11) is 2.09. The molecule has 16 heavy (non-hydrogen) atoms. The standard InChI is InChI=1S/C13H26N2O/c1-3-4-11-5-7-15(9-11)13-10-16-8-6-12(13)14-2/h11-14H,3-10H2,1-2H3. The van der Waals surface area contributed by atoms with E-state index < -0.39 is 0 Å². The van der Waals surface area contributed by atoms with E-state index in [4.69, 9.17) is 4.74 Å². The highest BCUT2D eigenvalue weighted by Crippen LogP contribution is 2.25. The Labute approximate surface area is 99.5 Å². The molecule has 0 bridgehead atoms. The molecule has 94 valence electrons. The van der Waals surface area contributed by atoms with Gasteiger partial charge < -0.3 is 10.1 Å². The van der Waals surface area contributed by atoms with Gasteiger partial charge in [0.25, 0.3) is 0 Å². The number of likely N-dealkylation sites (N-methyl/N-ethyl adjacent to an activating group) is 1. The van der Waals surface area contributed by atoms with E-state index in [1.54, 1.807) is 0 Å². The zero-order valence-electron chi connectivity index (χ0n) is 10.7. The van der Waals surface area contributed by atoms with E-state index in [1.165, 1.54) is 32.4 Å². The molecule has 2 aliphatic rings. The number of nitrogens with zero attached hydrogens (tertiary/aromatic N) is 1. The van der Waals surface area contributed by atoms with Crippen molar-refractivity contribution in [3.05, 3.63) is 0 Å². The second-order valence-corrected chi connectivity index (χ2v) is 5.26. The first-order valence-corrected chi connectivity index (χ1v) is 6.84. The van der Waals surface area contributed by atoms with Gasteiger partial charge in [-0.1, -0.05) is 13.3 Å². The van der Waals surface area contributed by atoms with Crippen LogP contribution in [-0.4, -0.2) is 50.3 Å². The van der Waals surface area contributed by atoms with Gasteiger partial charge in [0.2, 0.25) is 0 Å². The van der Waals surface area contributed by atoms with Crippen molar-refractivity contribution < 1.29 is 4.74 Å². The monoisotopic (exact) mass is 226 g/mol. The lowest BCUT2D eigenvalue weighted by Crippen LogP contribution is -2.53. The molecule has 0 aliphatic carbocycles. The quantitative estimate of drug-likeness (QED) is 0.786. The van der Waals surface area contributed by atoms with Crippen LogP contribution in [0.1, 0.15) is 32.6 Å². The molecule has 3 nitrogen and oxygen atoms in total. The number of hydrogen-bond donors (Lipinski definition) is 1. The summed E-state index contributed by atoms with van der Waals surface area (Å²) in [6, 6.07) is 1.25. The third kappa shape index (κ3) is 2.76. The summed E-state index contributed by atoms with van der Waals surface area (Å²) in [4.78, 5) is 2.65. The lowest BCUT2D eigenvalue weighted by Gasteiger charge is -2.37. The Morgan fingerprint density at radius 3 is 3.00 bits per heavy atom. The molecular formula is C13H26N2O. The highest BCUT2D eigenvalue weighted by Gasteiger charge is 2.33. The molecule has 3 heteroatoms. The predicted octanol–water partition coefficient (Wildman–Crippen LogP) is 1.49. The summed E-state index contributed by atoms with van der Waals surface area (Å²) in [5.41, 5.74) is 0. The van der Waals surface area contributed by atoms with Crippen LogP contribution in [0.3, 0.4) is 0 Å². The second kappa shape index (κ2) is 5.99. The number of ether oxygens (including phenoxy) is 1. The van der Waals surface area contributed by atoms with E-state index in [-0.39, 0.29) is 0 Å². The summed E-state index contributed by atoms with van der Waals surface area (Å²) >= 11 is 0. The first-order chi connectivity index (χ1) is 7.85. The summed E-state index contributed by atoms with van der Waals surface area (Å²) in [6.45, 7) is 6.71. The van der Waals surface area contributed by atoms with Gasteiger partial charge in [-0.15, -0.1) is 0 Å². The zero-order chi connectivity index (χ0) is 11.4. The first kappa shape index (κ1) is 12.3. The largest absolute Gasteiger partial charge is 0.380 e. The van der Waals surface area contributed by atoms with Gasteiger partial charge in [0.05, 0.1) is 6.61 Å². The van der Waals surface area contributed by atoms with Crippen LogP contribution < -0.4 is 5.32 Å². The number of nitrogens with one attached hydrogen (secondary N) is 1. The van der Waals surface area contributed by atoms with E-state index in [0.717, 1.165) is 25.6 Å². The van der Waals surface area contributed by atoms with Crippen LogP contribution in [-0.2, 0) is 4.74 Å². The summed E-state index contributed by atoms with van der Waals surface area (Å²) in [5.74, 6) is 0.935. The lowest BCUT2D eigenvalue weighted by molar-refractivity contribution is 0.00564. The molecule has 3 atom stereocenters. The van der Waals surface area contributed by atoms with Crippen LogP contribution in [0.25, 0.3) is 0 Å².